The van der Waals surface area contributed by atoms with Gasteiger partial charge in [-0.25, -0.2) is 4.98 Å². The molecule has 0 bridgehead atoms. The van der Waals surface area contributed by atoms with E-state index in [0.29, 0.717) is 24.1 Å². The molecule has 2 aromatic rings. The number of ether oxygens (including phenoxy) is 2. The van der Waals surface area contributed by atoms with Crippen LogP contribution in [-0.4, -0.2) is 19.1 Å². The smallest absolute Gasteiger partial charge is 0.219 e. The molecule has 1 aromatic carbocycles. The van der Waals surface area contributed by atoms with Crippen molar-refractivity contribution in [3.05, 3.63) is 52.7 Å². The van der Waals surface area contributed by atoms with Crippen LogP contribution in [0.25, 0.3) is 0 Å². The molecule has 4 nitrogen and oxygen atoms in total. The molecule has 1 heterocycles. The lowest BCUT2D eigenvalue weighted by Crippen LogP contribution is -2.06. The molecule has 1 N–H and O–H groups in total. The maximum atomic E-state index is 6.07. The van der Waals surface area contributed by atoms with Crippen LogP contribution in [0, 0.1) is 0 Å². The first-order chi connectivity index (χ1) is 9.72. The van der Waals surface area contributed by atoms with Crippen LogP contribution in [0.2, 0.25) is 5.02 Å². The van der Waals surface area contributed by atoms with Crippen LogP contribution in [0.15, 0.2) is 36.5 Å². The maximum absolute atomic E-state index is 6.07. The highest BCUT2D eigenvalue weighted by molar-refractivity contribution is 6.31. The van der Waals surface area contributed by atoms with Crippen molar-refractivity contribution in [2.45, 2.75) is 13.2 Å². The molecule has 0 aliphatic heterocycles. The van der Waals surface area contributed by atoms with Crippen LogP contribution in [0.5, 0.6) is 11.6 Å². The molecule has 106 valence electrons. The molecule has 5 heteroatoms. The molecule has 0 atom stereocenters. The van der Waals surface area contributed by atoms with Crippen molar-refractivity contribution in [2.75, 3.05) is 14.2 Å². The Morgan fingerprint density at radius 1 is 1.30 bits per heavy atom. The summed E-state index contributed by atoms with van der Waals surface area (Å²) >= 11 is 6.07. The van der Waals surface area contributed by atoms with Crippen molar-refractivity contribution in [3.8, 4) is 11.6 Å². The van der Waals surface area contributed by atoms with E-state index in [-0.39, 0.29) is 0 Å². The molecule has 0 saturated heterocycles. The van der Waals surface area contributed by atoms with Gasteiger partial charge in [0.25, 0.3) is 0 Å². The predicted molar refractivity (Wildman–Crippen MR) is 79.2 cm³/mol. The molecule has 0 unspecified atom stereocenters. The van der Waals surface area contributed by atoms with Crippen molar-refractivity contribution in [3.63, 3.8) is 0 Å². The number of hydrogen-bond donors (Lipinski definition) is 1. The van der Waals surface area contributed by atoms with Crippen LogP contribution in [-0.2, 0) is 17.9 Å². The molecule has 0 radical (unpaired) electrons. The number of hydrogen-bond acceptors (Lipinski definition) is 4. The molecule has 0 spiro atoms. The lowest BCUT2D eigenvalue weighted by molar-refractivity contribution is 0.184. The van der Waals surface area contributed by atoms with E-state index < -0.39 is 0 Å². The Hall–Kier alpha value is -1.62. The topological polar surface area (TPSA) is 43.4 Å². The summed E-state index contributed by atoms with van der Waals surface area (Å²) in [7, 11) is 3.53. The van der Waals surface area contributed by atoms with Gasteiger partial charge in [0.1, 0.15) is 5.75 Å². The quantitative estimate of drug-likeness (QED) is 0.886. The lowest BCUT2D eigenvalue weighted by Gasteiger charge is -2.09. The van der Waals surface area contributed by atoms with Gasteiger partial charge in [-0.1, -0.05) is 23.7 Å². The third-order valence-corrected chi connectivity index (χ3v) is 3.05. The highest BCUT2D eigenvalue weighted by atomic mass is 35.5. The summed E-state index contributed by atoms with van der Waals surface area (Å²) in [6.07, 6.45) is 1.60. The zero-order valence-electron chi connectivity index (χ0n) is 11.5. The van der Waals surface area contributed by atoms with Crippen molar-refractivity contribution in [2.24, 2.45) is 0 Å². The van der Waals surface area contributed by atoms with E-state index in [0.717, 1.165) is 16.9 Å². The maximum Gasteiger partial charge on any atom is 0.219 e. The largest absolute Gasteiger partial charge is 0.439 e. The fourth-order valence-corrected chi connectivity index (χ4v) is 2.00. The summed E-state index contributed by atoms with van der Waals surface area (Å²) in [6.45, 7) is 1.22. The zero-order chi connectivity index (χ0) is 14.4. The van der Waals surface area contributed by atoms with Crippen LogP contribution in [0.4, 0.5) is 0 Å². The lowest BCUT2D eigenvalue weighted by atomic mass is 10.2. The first-order valence-electron chi connectivity index (χ1n) is 6.27. The summed E-state index contributed by atoms with van der Waals surface area (Å²) in [5, 5.41) is 3.68. The fraction of sp³-hybridized carbons (Fsp3) is 0.267. The van der Waals surface area contributed by atoms with Gasteiger partial charge in [0.15, 0.2) is 0 Å². The molecular weight excluding hydrogens is 276 g/mol. The predicted octanol–water partition coefficient (Wildman–Crippen LogP) is 3.39. The van der Waals surface area contributed by atoms with Crippen molar-refractivity contribution in [1.82, 2.24) is 10.3 Å². The molecule has 0 amide bonds. The summed E-state index contributed by atoms with van der Waals surface area (Å²) in [5.74, 6) is 1.25. The Labute approximate surface area is 123 Å². The highest BCUT2D eigenvalue weighted by Crippen LogP contribution is 2.24. The van der Waals surface area contributed by atoms with E-state index in [1.165, 1.54) is 0 Å². The Morgan fingerprint density at radius 3 is 2.90 bits per heavy atom. The standard InChI is InChI=1S/C15H17ClN2O2/c1-17-8-12-7-15(18-9-14(12)16)20-13-5-3-4-11(6-13)10-19-2/h3-7,9,17H,8,10H2,1-2H3. The van der Waals surface area contributed by atoms with E-state index in [2.05, 4.69) is 10.3 Å². The second-order valence-corrected chi connectivity index (χ2v) is 4.73. The summed E-state index contributed by atoms with van der Waals surface area (Å²) in [6, 6.07) is 9.55. The molecule has 1 aromatic heterocycles. The molecule has 20 heavy (non-hydrogen) atoms. The fourth-order valence-electron chi connectivity index (χ4n) is 1.83. The number of methoxy groups -OCH3 is 1. The van der Waals surface area contributed by atoms with Crippen LogP contribution >= 0.6 is 11.6 Å². The van der Waals surface area contributed by atoms with Gasteiger partial charge >= 0.3 is 0 Å². The Bertz CT molecular complexity index is 576. The molecular formula is C15H17ClN2O2. The number of aromatic nitrogens is 1. The monoisotopic (exact) mass is 292 g/mol. The second-order valence-electron chi connectivity index (χ2n) is 4.33. The van der Waals surface area contributed by atoms with Gasteiger partial charge in [-0.15, -0.1) is 0 Å². The highest BCUT2D eigenvalue weighted by Gasteiger charge is 2.05. The van der Waals surface area contributed by atoms with Crippen LogP contribution in [0.1, 0.15) is 11.1 Å². The van der Waals surface area contributed by atoms with Crippen molar-refractivity contribution < 1.29 is 9.47 Å². The molecule has 2 rings (SSSR count). The van der Waals surface area contributed by atoms with Gasteiger partial charge < -0.3 is 14.8 Å². The van der Waals surface area contributed by atoms with Crippen molar-refractivity contribution >= 4 is 11.6 Å². The van der Waals surface area contributed by atoms with E-state index in [1.54, 1.807) is 13.3 Å². The Kier molecular flexibility index (Phi) is 5.35. The molecule has 0 aliphatic rings. The van der Waals surface area contributed by atoms with E-state index in [1.807, 2.05) is 37.4 Å². The normalized spacial score (nSPS) is 10.6. The van der Waals surface area contributed by atoms with E-state index in [4.69, 9.17) is 21.1 Å². The summed E-state index contributed by atoms with van der Waals surface area (Å²) in [4.78, 5) is 4.18. The van der Waals surface area contributed by atoms with Crippen molar-refractivity contribution in [1.29, 1.82) is 0 Å². The zero-order valence-corrected chi connectivity index (χ0v) is 12.3. The number of halogens is 1. The van der Waals surface area contributed by atoms with Gasteiger partial charge in [0.2, 0.25) is 5.88 Å². The Morgan fingerprint density at radius 2 is 2.15 bits per heavy atom. The van der Waals surface area contributed by atoms with E-state index in [9.17, 15) is 0 Å². The van der Waals surface area contributed by atoms with Gasteiger partial charge in [0, 0.05) is 25.9 Å². The van der Waals surface area contributed by atoms with E-state index >= 15 is 0 Å². The first-order valence-corrected chi connectivity index (χ1v) is 6.65. The van der Waals surface area contributed by atoms with Crippen LogP contribution in [0.3, 0.4) is 0 Å². The third kappa shape index (κ3) is 3.93. The Balaban J connectivity index is 2.17. The third-order valence-electron chi connectivity index (χ3n) is 2.71. The number of pyridine rings is 1. The first kappa shape index (κ1) is 14.8. The van der Waals surface area contributed by atoms with Gasteiger partial charge in [-0.3, -0.25) is 0 Å². The van der Waals surface area contributed by atoms with Gasteiger partial charge in [-0.2, -0.15) is 0 Å². The average Bonchev–Trinajstić information content (AvgIpc) is 2.44. The SMILES string of the molecule is CNCc1cc(Oc2cccc(COC)c2)ncc1Cl. The molecule has 0 fully saturated rings. The van der Waals surface area contributed by atoms with Gasteiger partial charge in [0.05, 0.1) is 11.6 Å². The number of nitrogens with zero attached hydrogens (tertiary/aromatic N) is 1. The summed E-state index contributed by atoms with van der Waals surface area (Å²) < 4.78 is 10.9. The number of nitrogens with one attached hydrogen (secondary N) is 1. The molecule has 0 saturated carbocycles. The van der Waals surface area contributed by atoms with Crippen LogP contribution < -0.4 is 10.1 Å². The average molecular weight is 293 g/mol. The molecule has 0 aliphatic carbocycles. The minimum absolute atomic E-state index is 0.522. The minimum atomic E-state index is 0.522. The number of benzene rings is 1. The van der Waals surface area contributed by atoms with Gasteiger partial charge in [-0.05, 0) is 30.3 Å². The summed E-state index contributed by atoms with van der Waals surface area (Å²) in [5.41, 5.74) is 2.00. The minimum Gasteiger partial charge on any atom is -0.439 e. The second kappa shape index (κ2) is 7.24. The number of rotatable bonds is 6.